The third-order valence-corrected chi connectivity index (χ3v) is 5.87. The molecule has 0 radical (unpaired) electrons. The summed E-state index contributed by atoms with van der Waals surface area (Å²) in [5, 5.41) is 12.2. The van der Waals surface area contributed by atoms with E-state index >= 15 is 0 Å². The number of amides is 1. The number of pyridine rings is 1. The first kappa shape index (κ1) is 20.6. The van der Waals surface area contributed by atoms with Crippen LogP contribution in [0.4, 0.5) is 5.82 Å². The molecular formula is C26H26N4O. The number of nitrogens with one attached hydrogen (secondary N) is 1. The molecule has 1 aliphatic heterocycles. The number of piperidine rings is 1. The maximum atomic E-state index is 13.1. The number of nitrogens with zero attached hydrogens (tertiary/aromatic N) is 3. The molecule has 4 rings (SSSR count). The Morgan fingerprint density at radius 3 is 2.32 bits per heavy atom. The monoisotopic (exact) mass is 410 g/mol. The van der Waals surface area contributed by atoms with E-state index in [4.69, 9.17) is 5.26 Å². The second-order valence-electron chi connectivity index (χ2n) is 7.94. The lowest BCUT2D eigenvalue weighted by Gasteiger charge is -2.33. The normalized spacial score (nSPS) is 15.1. The topological polar surface area (TPSA) is 69.0 Å². The zero-order chi connectivity index (χ0) is 21.5. The van der Waals surface area contributed by atoms with E-state index in [0.717, 1.165) is 43.7 Å². The van der Waals surface area contributed by atoms with Crippen molar-refractivity contribution in [3.8, 4) is 6.07 Å². The zero-order valence-corrected chi connectivity index (χ0v) is 17.4. The average molecular weight is 411 g/mol. The largest absolute Gasteiger partial charge is 0.357 e. The highest BCUT2D eigenvalue weighted by Gasteiger charge is 2.27. The summed E-state index contributed by atoms with van der Waals surface area (Å²) in [6, 6.07) is 26.2. The fourth-order valence-electron chi connectivity index (χ4n) is 4.09. The maximum Gasteiger partial charge on any atom is 0.223 e. The summed E-state index contributed by atoms with van der Waals surface area (Å²) in [5.74, 6) is 0.984. The van der Waals surface area contributed by atoms with Crippen molar-refractivity contribution in [2.75, 3.05) is 18.0 Å². The molecule has 1 aliphatic rings. The van der Waals surface area contributed by atoms with Gasteiger partial charge in [-0.3, -0.25) is 4.79 Å². The lowest BCUT2D eigenvalue weighted by molar-refractivity contribution is -0.126. The van der Waals surface area contributed by atoms with E-state index < -0.39 is 0 Å². The molecule has 2 aromatic carbocycles. The van der Waals surface area contributed by atoms with Gasteiger partial charge >= 0.3 is 0 Å². The number of benzene rings is 2. The van der Waals surface area contributed by atoms with Gasteiger partial charge in [-0.05, 0) is 42.5 Å². The van der Waals surface area contributed by atoms with Crippen molar-refractivity contribution in [1.29, 1.82) is 5.26 Å². The lowest BCUT2D eigenvalue weighted by atomic mass is 9.93. The van der Waals surface area contributed by atoms with Gasteiger partial charge < -0.3 is 10.2 Å². The molecule has 0 bridgehead atoms. The van der Waals surface area contributed by atoms with Crippen molar-refractivity contribution in [3.05, 3.63) is 95.7 Å². The third kappa shape index (κ3) is 5.29. The maximum absolute atomic E-state index is 13.1. The van der Waals surface area contributed by atoms with Crippen LogP contribution in [0.1, 0.15) is 35.6 Å². The summed E-state index contributed by atoms with van der Waals surface area (Å²) in [5.41, 5.74) is 2.89. The molecule has 5 heteroatoms. The molecule has 1 aromatic heterocycles. The van der Waals surface area contributed by atoms with Gasteiger partial charge in [0.15, 0.2) is 0 Å². The highest BCUT2D eigenvalue weighted by atomic mass is 16.1. The second kappa shape index (κ2) is 9.90. The summed E-state index contributed by atoms with van der Waals surface area (Å²) in [6.45, 7) is 1.57. The zero-order valence-electron chi connectivity index (χ0n) is 17.4. The molecule has 0 spiro atoms. The molecule has 0 aliphatic carbocycles. The first-order valence-corrected chi connectivity index (χ1v) is 10.7. The molecule has 156 valence electrons. The number of anilines is 1. The van der Waals surface area contributed by atoms with E-state index in [2.05, 4.69) is 45.5 Å². The van der Waals surface area contributed by atoms with Gasteiger partial charge in [0.05, 0.1) is 11.6 Å². The van der Waals surface area contributed by atoms with Crippen LogP contribution in [-0.2, 0) is 11.2 Å². The predicted molar refractivity (Wildman–Crippen MR) is 121 cm³/mol. The summed E-state index contributed by atoms with van der Waals surface area (Å²) >= 11 is 0. The van der Waals surface area contributed by atoms with E-state index in [1.807, 2.05) is 42.5 Å². The first-order valence-electron chi connectivity index (χ1n) is 10.7. The minimum Gasteiger partial charge on any atom is -0.357 e. The Kier molecular flexibility index (Phi) is 6.59. The minimum atomic E-state index is -0.0469. The fraction of sp³-hybridized carbons (Fsp3) is 0.269. The molecular weight excluding hydrogens is 384 g/mol. The SMILES string of the molecule is N#Cc1ccc(N2CCC(C(=O)N[C@H](Cc3ccccc3)c3ccccc3)CC2)nc1. The van der Waals surface area contributed by atoms with E-state index in [9.17, 15) is 4.79 Å². The molecule has 0 unspecified atom stereocenters. The van der Waals surface area contributed by atoms with Gasteiger partial charge in [0.1, 0.15) is 11.9 Å². The molecule has 1 saturated heterocycles. The van der Waals surface area contributed by atoms with Crippen molar-refractivity contribution in [2.24, 2.45) is 5.92 Å². The third-order valence-electron chi connectivity index (χ3n) is 5.87. The van der Waals surface area contributed by atoms with E-state index in [1.54, 1.807) is 12.3 Å². The van der Waals surface area contributed by atoms with Gasteiger partial charge in [0.25, 0.3) is 0 Å². The van der Waals surface area contributed by atoms with E-state index in [1.165, 1.54) is 5.56 Å². The highest BCUT2D eigenvalue weighted by Crippen LogP contribution is 2.24. The standard InChI is InChI=1S/C26H26N4O/c27-18-21-11-12-25(28-19-21)30-15-13-23(14-16-30)26(31)29-24(22-9-5-2-6-10-22)17-20-7-3-1-4-8-20/h1-12,19,23-24H,13-17H2,(H,29,31)/t24-/m1/s1. The van der Waals surface area contributed by atoms with Crippen molar-refractivity contribution >= 4 is 11.7 Å². The van der Waals surface area contributed by atoms with Gasteiger partial charge in [0, 0.05) is 25.2 Å². The molecule has 2 heterocycles. The molecule has 5 nitrogen and oxygen atoms in total. The summed E-state index contributed by atoms with van der Waals surface area (Å²) < 4.78 is 0. The van der Waals surface area contributed by atoms with Gasteiger partial charge in [-0.1, -0.05) is 60.7 Å². The molecule has 1 atom stereocenters. The number of nitriles is 1. The van der Waals surface area contributed by atoms with E-state index in [-0.39, 0.29) is 17.9 Å². The van der Waals surface area contributed by atoms with Gasteiger partial charge in [-0.2, -0.15) is 5.26 Å². The van der Waals surface area contributed by atoms with Crippen LogP contribution >= 0.6 is 0 Å². The van der Waals surface area contributed by atoms with Crippen LogP contribution < -0.4 is 10.2 Å². The average Bonchev–Trinajstić information content (AvgIpc) is 2.85. The Balaban J connectivity index is 1.39. The number of rotatable bonds is 6. The highest BCUT2D eigenvalue weighted by molar-refractivity contribution is 5.79. The quantitative estimate of drug-likeness (QED) is 0.659. The van der Waals surface area contributed by atoms with Crippen LogP contribution in [0.25, 0.3) is 0 Å². The van der Waals surface area contributed by atoms with Crippen molar-refractivity contribution < 1.29 is 4.79 Å². The molecule has 0 saturated carbocycles. The van der Waals surface area contributed by atoms with Crippen molar-refractivity contribution in [3.63, 3.8) is 0 Å². The summed E-state index contributed by atoms with van der Waals surface area (Å²) in [4.78, 5) is 19.7. The number of carbonyl (C=O) groups excluding carboxylic acids is 1. The molecule has 1 amide bonds. The van der Waals surface area contributed by atoms with Gasteiger partial charge in [-0.25, -0.2) is 4.98 Å². The smallest absolute Gasteiger partial charge is 0.223 e. The Morgan fingerprint density at radius 2 is 1.71 bits per heavy atom. The predicted octanol–water partition coefficient (Wildman–Crippen LogP) is 4.27. The fourth-order valence-corrected chi connectivity index (χ4v) is 4.09. The van der Waals surface area contributed by atoms with Crippen LogP contribution in [0, 0.1) is 17.2 Å². The van der Waals surface area contributed by atoms with Crippen molar-refractivity contribution in [1.82, 2.24) is 10.3 Å². The second-order valence-corrected chi connectivity index (χ2v) is 7.94. The number of aromatic nitrogens is 1. The number of hydrogen-bond acceptors (Lipinski definition) is 4. The lowest BCUT2D eigenvalue weighted by Crippen LogP contribution is -2.42. The first-order chi connectivity index (χ1) is 15.2. The Hall–Kier alpha value is -3.65. The van der Waals surface area contributed by atoms with Gasteiger partial charge in [0.2, 0.25) is 5.91 Å². The van der Waals surface area contributed by atoms with Crippen LogP contribution in [0.3, 0.4) is 0 Å². The molecule has 3 aromatic rings. The van der Waals surface area contributed by atoms with Crippen LogP contribution in [0.5, 0.6) is 0 Å². The molecule has 1 N–H and O–H groups in total. The Morgan fingerprint density at radius 1 is 1.03 bits per heavy atom. The Bertz CT molecular complexity index is 1020. The van der Waals surface area contributed by atoms with Gasteiger partial charge in [-0.15, -0.1) is 0 Å². The van der Waals surface area contributed by atoms with Crippen molar-refractivity contribution in [2.45, 2.75) is 25.3 Å². The van der Waals surface area contributed by atoms with Crippen LogP contribution in [0.15, 0.2) is 79.0 Å². The summed E-state index contributed by atoms with van der Waals surface area (Å²) in [7, 11) is 0. The van der Waals surface area contributed by atoms with E-state index in [0.29, 0.717) is 5.56 Å². The van der Waals surface area contributed by atoms with Crippen LogP contribution in [0.2, 0.25) is 0 Å². The number of carbonyl (C=O) groups is 1. The number of hydrogen-bond donors (Lipinski definition) is 1. The Labute approximate surface area is 183 Å². The van der Waals surface area contributed by atoms with Crippen LogP contribution in [-0.4, -0.2) is 24.0 Å². The summed E-state index contributed by atoms with van der Waals surface area (Å²) in [6.07, 6.45) is 3.95. The molecule has 1 fully saturated rings. The minimum absolute atomic E-state index is 0.00313. The molecule has 31 heavy (non-hydrogen) atoms.